The van der Waals surface area contributed by atoms with E-state index in [-0.39, 0.29) is 5.91 Å². The maximum Gasteiger partial charge on any atom is 0.281 e. The molecule has 0 spiro atoms. The van der Waals surface area contributed by atoms with Gasteiger partial charge in [-0.15, -0.1) is 22.7 Å². The minimum atomic E-state index is -0.156. The van der Waals surface area contributed by atoms with E-state index in [2.05, 4.69) is 23.5 Å². The molecule has 18 heavy (non-hydrogen) atoms. The van der Waals surface area contributed by atoms with Gasteiger partial charge in [-0.25, -0.2) is 5.43 Å². The number of carbonyl (C=O) groups is 1. The zero-order valence-corrected chi connectivity index (χ0v) is 11.9. The number of hydrogen-bond donors (Lipinski definition) is 1. The van der Waals surface area contributed by atoms with E-state index in [0.717, 1.165) is 17.0 Å². The van der Waals surface area contributed by atoms with Gasteiger partial charge < -0.3 is 0 Å². The predicted octanol–water partition coefficient (Wildman–Crippen LogP) is 3.53. The second-order valence-corrected chi connectivity index (χ2v) is 5.85. The van der Waals surface area contributed by atoms with Crippen molar-refractivity contribution < 1.29 is 4.79 Å². The number of carbonyl (C=O) groups excluding carboxylic acids is 1. The molecule has 0 atom stereocenters. The average Bonchev–Trinajstić information content (AvgIpc) is 3.05. The van der Waals surface area contributed by atoms with Crippen LogP contribution in [-0.4, -0.2) is 11.6 Å². The van der Waals surface area contributed by atoms with Crippen LogP contribution in [0.3, 0.4) is 0 Å². The van der Waals surface area contributed by atoms with Crippen molar-refractivity contribution in [3.8, 4) is 0 Å². The summed E-state index contributed by atoms with van der Waals surface area (Å²) in [5.74, 6) is -0.156. The quantitative estimate of drug-likeness (QED) is 0.674. The lowest BCUT2D eigenvalue weighted by Crippen LogP contribution is -2.17. The Morgan fingerprint density at radius 3 is 2.78 bits per heavy atom. The van der Waals surface area contributed by atoms with Crippen LogP contribution in [0, 0.1) is 0 Å². The second kappa shape index (κ2) is 5.93. The van der Waals surface area contributed by atoms with Gasteiger partial charge in [0.25, 0.3) is 5.91 Å². The summed E-state index contributed by atoms with van der Waals surface area (Å²) in [5.41, 5.74) is 3.41. The highest BCUT2D eigenvalue weighted by Gasteiger charge is 2.06. The molecular formula is C13H14N2OS2. The van der Waals surface area contributed by atoms with Gasteiger partial charge in [0.2, 0.25) is 0 Å². The molecule has 0 fully saturated rings. The Balaban J connectivity index is 2.03. The highest BCUT2D eigenvalue weighted by atomic mass is 32.1. The SMILES string of the molecule is CCc1ccc(C(C)=NNC(=O)c2cccs2)s1. The van der Waals surface area contributed by atoms with Crippen LogP contribution in [0.25, 0.3) is 0 Å². The van der Waals surface area contributed by atoms with Crippen LogP contribution in [0.15, 0.2) is 34.7 Å². The van der Waals surface area contributed by atoms with Gasteiger partial charge >= 0.3 is 0 Å². The smallest absolute Gasteiger partial charge is 0.266 e. The molecule has 94 valence electrons. The van der Waals surface area contributed by atoms with E-state index in [9.17, 15) is 4.79 Å². The molecule has 1 N–H and O–H groups in total. The average molecular weight is 278 g/mol. The van der Waals surface area contributed by atoms with Gasteiger partial charge in [-0.05, 0) is 36.9 Å². The summed E-state index contributed by atoms with van der Waals surface area (Å²) in [7, 11) is 0. The van der Waals surface area contributed by atoms with Gasteiger partial charge in [0.1, 0.15) is 0 Å². The van der Waals surface area contributed by atoms with Crippen molar-refractivity contribution in [1.29, 1.82) is 0 Å². The molecule has 0 radical (unpaired) electrons. The van der Waals surface area contributed by atoms with E-state index in [0.29, 0.717) is 4.88 Å². The van der Waals surface area contributed by atoms with E-state index in [1.807, 2.05) is 24.4 Å². The Hall–Kier alpha value is -1.46. The number of hydrogen-bond acceptors (Lipinski definition) is 4. The number of thiophene rings is 2. The maximum atomic E-state index is 11.7. The Bertz CT molecular complexity index is 555. The van der Waals surface area contributed by atoms with Crippen molar-refractivity contribution in [2.45, 2.75) is 20.3 Å². The van der Waals surface area contributed by atoms with E-state index in [1.54, 1.807) is 17.4 Å². The van der Waals surface area contributed by atoms with E-state index < -0.39 is 0 Å². The van der Waals surface area contributed by atoms with E-state index in [1.165, 1.54) is 16.2 Å². The molecule has 0 saturated carbocycles. The summed E-state index contributed by atoms with van der Waals surface area (Å²) in [5, 5.41) is 6.01. The topological polar surface area (TPSA) is 41.5 Å². The minimum absolute atomic E-state index is 0.156. The van der Waals surface area contributed by atoms with Gasteiger partial charge in [-0.2, -0.15) is 5.10 Å². The second-order valence-electron chi connectivity index (χ2n) is 3.73. The summed E-state index contributed by atoms with van der Waals surface area (Å²) in [6.45, 7) is 4.03. The van der Waals surface area contributed by atoms with Gasteiger partial charge in [0, 0.05) is 4.88 Å². The molecule has 2 aromatic heterocycles. The van der Waals surface area contributed by atoms with E-state index in [4.69, 9.17) is 0 Å². The number of nitrogens with one attached hydrogen (secondary N) is 1. The first-order chi connectivity index (χ1) is 8.70. The van der Waals surface area contributed by atoms with Gasteiger partial charge in [-0.3, -0.25) is 4.79 Å². The Morgan fingerprint density at radius 2 is 2.17 bits per heavy atom. The number of aryl methyl sites for hydroxylation is 1. The Morgan fingerprint density at radius 1 is 1.33 bits per heavy atom. The Labute approximate surface area is 114 Å². The zero-order chi connectivity index (χ0) is 13.0. The first-order valence-electron chi connectivity index (χ1n) is 5.68. The summed E-state index contributed by atoms with van der Waals surface area (Å²) in [6.07, 6.45) is 1.03. The molecule has 0 aliphatic rings. The minimum Gasteiger partial charge on any atom is -0.266 e. The highest BCUT2D eigenvalue weighted by Crippen LogP contribution is 2.17. The fraction of sp³-hybridized carbons (Fsp3) is 0.231. The zero-order valence-electron chi connectivity index (χ0n) is 10.3. The van der Waals surface area contributed by atoms with Crippen LogP contribution in [0.1, 0.15) is 33.3 Å². The van der Waals surface area contributed by atoms with Gasteiger partial charge in [0.05, 0.1) is 15.5 Å². The van der Waals surface area contributed by atoms with Crippen LogP contribution < -0.4 is 5.43 Å². The molecular weight excluding hydrogens is 264 g/mol. The third kappa shape index (κ3) is 3.05. The van der Waals surface area contributed by atoms with Crippen LogP contribution in [0.5, 0.6) is 0 Å². The number of nitrogens with zero attached hydrogens (tertiary/aromatic N) is 1. The molecule has 3 nitrogen and oxygen atoms in total. The molecule has 0 aliphatic carbocycles. The van der Waals surface area contributed by atoms with Gasteiger partial charge in [0.15, 0.2) is 0 Å². The Kier molecular flexibility index (Phi) is 4.28. The van der Waals surface area contributed by atoms with Crippen LogP contribution >= 0.6 is 22.7 Å². The van der Waals surface area contributed by atoms with Gasteiger partial charge in [-0.1, -0.05) is 13.0 Å². The largest absolute Gasteiger partial charge is 0.281 e. The van der Waals surface area contributed by atoms with Crippen LogP contribution in [0.2, 0.25) is 0 Å². The number of hydrazone groups is 1. The standard InChI is InChI=1S/C13H14N2OS2/c1-3-10-6-7-11(18-10)9(2)14-15-13(16)12-5-4-8-17-12/h4-8H,3H2,1-2H3,(H,15,16). The summed E-state index contributed by atoms with van der Waals surface area (Å²) in [6, 6.07) is 7.77. The molecule has 0 saturated heterocycles. The van der Waals surface area contributed by atoms with Crippen molar-refractivity contribution in [1.82, 2.24) is 5.43 Å². The molecule has 0 aromatic carbocycles. The summed E-state index contributed by atoms with van der Waals surface area (Å²) in [4.78, 5) is 14.8. The first-order valence-corrected chi connectivity index (χ1v) is 7.37. The third-order valence-corrected chi connectivity index (χ3v) is 4.64. The molecule has 2 aromatic rings. The number of amides is 1. The highest BCUT2D eigenvalue weighted by molar-refractivity contribution is 7.14. The molecule has 5 heteroatoms. The normalized spacial score (nSPS) is 11.6. The van der Waals surface area contributed by atoms with Crippen molar-refractivity contribution in [2.75, 3.05) is 0 Å². The monoisotopic (exact) mass is 278 g/mol. The molecule has 2 heterocycles. The molecule has 0 unspecified atom stereocenters. The fourth-order valence-corrected chi connectivity index (χ4v) is 2.92. The number of rotatable bonds is 4. The first kappa shape index (κ1) is 13.0. The van der Waals surface area contributed by atoms with Crippen molar-refractivity contribution in [3.05, 3.63) is 44.3 Å². The molecule has 0 aliphatic heterocycles. The third-order valence-electron chi connectivity index (χ3n) is 2.44. The lowest BCUT2D eigenvalue weighted by Gasteiger charge is -1.98. The lowest BCUT2D eigenvalue weighted by atomic mass is 10.3. The fourth-order valence-electron chi connectivity index (χ4n) is 1.41. The lowest BCUT2D eigenvalue weighted by molar-refractivity contribution is 0.0959. The van der Waals surface area contributed by atoms with Crippen LogP contribution in [-0.2, 0) is 6.42 Å². The molecule has 0 bridgehead atoms. The van der Waals surface area contributed by atoms with E-state index >= 15 is 0 Å². The van der Waals surface area contributed by atoms with Crippen molar-refractivity contribution >= 4 is 34.3 Å². The van der Waals surface area contributed by atoms with Crippen molar-refractivity contribution in [3.63, 3.8) is 0 Å². The molecule has 2 rings (SSSR count). The molecule has 1 amide bonds. The maximum absolute atomic E-state index is 11.7. The summed E-state index contributed by atoms with van der Waals surface area (Å²) >= 11 is 3.12. The van der Waals surface area contributed by atoms with Crippen LogP contribution in [0.4, 0.5) is 0 Å². The van der Waals surface area contributed by atoms with Crippen molar-refractivity contribution in [2.24, 2.45) is 5.10 Å². The predicted molar refractivity (Wildman–Crippen MR) is 77.7 cm³/mol. The summed E-state index contributed by atoms with van der Waals surface area (Å²) < 4.78 is 0.